The third-order valence-electron chi connectivity index (χ3n) is 2.41. The second-order valence-electron chi connectivity index (χ2n) is 5.43. The third kappa shape index (κ3) is 3.61. The van der Waals surface area contributed by atoms with Crippen molar-refractivity contribution in [2.24, 2.45) is 0 Å². The number of amides is 1. The molecule has 118 valence electrons. The summed E-state index contributed by atoms with van der Waals surface area (Å²) in [4.78, 5) is 27.5. The van der Waals surface area contributed by atoms with Gasteiger partial charge >= 0.3 is 12.1 Å². The monoisotopic (exact) mass is 325 g/mol. The lowest BCUT2D eigenvalue weighted by Crippen LogP contribution is -2.27. The van der Waals surface area contributed by atoms with Gasteiger partial charge in [0.2, 0.25) is 0 Å². The Morgan fingerprint density at radius 2 is 2.09 bits per heavy atom. The number of hydrogen-bond acceptors (Lipinski definition) is 7. The Morgan fingerprint density at radius 1 is 1.41 bits per heavy atom. The van der Waals surface area contributed by atoms with Crippen LogP contribution >= 0.6 is 11.3 Å². The summed E-state index contributed by atoms with van der Waals surface area (Å²) in [5.41, 5.74) is -0.161. The molecule has 0 saturated carbocycles. The van der Waals surface area contributed by atoms with Gasteiger partial charge in [-0.15, -0.1) is 0 Å². The second kappa shape index (κ2) is 5.76. The summed E-state index contributed by atoms with van der Waals surface area (Å²) in [5.74, 6) is -1.04. The highest BCUT2D eigenvalue weighted by Crippen LogP contribution is 2.34. The zero-order chi connectivity index (χ0) is 16.5. The third-order valence-corrected chi connectivity index (χ3v) is 3.48. The maximum Gasteiger partial charge on any atom is 0.413 e. The van der Waals surface area contributed by atoms with Crippen molar-refractivity contribution >= 4 is 28.5 Å². The van der Waals surface area contributed by atoms with E-state index in [2.05, 4.69) is 15.5 Å². The number of aryl methyl sites for hydroxylation is 1. The molecule has 2 aromatic rings. The molecular formula is C13H15N3O5S. The fourth-order valence-electron chi connectivity index (χ4n) is 1.61. The van der Waals surface area contributed by atoms with Crippen LogP contribution < -0.4 is 5.32 Å². The first-order valence-corrected chi connectivity index (χ1v) is 7.15. The summed E-state index contributed by atoms with van der Waals surface area (Å²) in [7, 11) is 0. The summed E-state index contributed by atoms with van der Waals surface area (Å²) in [6, 6.07) is 0. The number of nitrogens with one attached hydrogen (secondary N) is 1. The fraction of sp³-hybridized carbons (Fsp3) is 0.385. The summed E-state index contributed by atoms with van der Waals surface area (Å²) in [6.07, 6.45) is 0.487. The number of ether oxygens (including phenoxy) is 1. The van der Waals surface area contributed by atoms with Crippen LogP contribution in [0.4, 0.5) is 9.93 Å². The van der Waals surface area contributed by atoms with Crippen molar-refractivity contribution in [1.82, 2.24) is 10.1 Å². The van der Waals surface area contributed by atoms with Gasteiger partial charge in [0.25, 0.3) is 0 Å². The van der Waals surface area contributed by atoms with Crippen LogP contribution in [0.2, 0.25) is 0 Å². The minimum atomic E-state index is -1.15. The molecule has 2 aromatic heterocycles. The van der Waals surface area contributed by atoms with E-state index in [1.54, 1.807) is 27.7 Å². The summed E-state index contributed by atoms with van der Waals surface area (Å²) < 4.78 is 10.1. The van der Waals surface area contributed by atoms with Crippen molar-refractivity contribution in [2.45, 2.75) is 33.3 Å². The molecule has 0 fully saturated rings. The van der Waals surface area contributed by atoms with Crippen LogP contribution in [0.15, 0.2) is 10.7 Å². The largest absolute Gasteiger partial charge is 0.477 e. The number of carboxylic acids is 1. The summed E-state index contributed by atoms with van der Waals surface area (Å²) in [6.45, 7) is 6.93. The van der Waals surface area contributed by atoms with Crippen LogP contribution in [0, 0.1) is 6.92 Å². The van der Waals surface area contributed by atoms with E-state index in [4.69, 9.17) is 14.4 Å². The molecule has 0 bridgehead atoms. The number of aromatic carboxylic acids is 1. The molecule has 0 aliphatic heterocycles. The first-order valence-electron chi connectivity index (χ1n) is 6.33. The molecule has 0 aliphatic carbocycles. The van der Waals surface area contributed by atoms with E-state index in [0.29, 0.717) is 10.6 Å². The van der Waals surface area contributed by atoms with E-state index < -0.39 is 17.7 Å². The van der Waals surface area contributed by atoms with Gasteiger partial charge in [0.15, 0.2) is 10.9 Å². The number of carboxylic acid groups (broad SMARTS) is 1. The van der Waals surface area contributed by atoms with Gasteiger partial charge in [0, 0.05) is 0 Å². The Kier molecular flexibility index (Phi) is 4.18. The zero-order valence-corrected chi connectivity index (χ0v) is 13.3. The molecule has 0 unspecified atom stereocenters. The van der Waals surface area contributed by atoms with Gasteiger partial charge in [-0.1, -0.05) is 16.5 Å². The topological polar surface area (TPSA) is 115 Å². The number of aromatic nitrogens is 2. The van der Waals surface area contributed by atoms with E-state index in [9.17, 15) is 9.59 Å². The van der Waals surface area contributed by atoms with Gasteiger partial charge in [0.05, 0.1) is 16.8 Å². The van der Waals surface area contributed by atoms with E-state index in [1.807, 2.05) is 0 Å². The minimum absolute atomic E-state index is 0.0597. The standard InChI is InChI=1S/C13H15N3O5S/c1-6-9(8-7(10(17)18)5-14-21-8)22-11(15-6)16-12(19)20-13(2,3)4/h5H,1-4H3,(H,17,18)(H,15,16,19). The Labute approximate surface area is 130 Å². The van der Waals surface area contributed by atoms with Crippen LogP contribution in [-0.4, -0.2) is 32.9 Å². The predicted octanol–water partition coefficient (Wildman–Crippen LogP) is 3.15. The number of rotatable bonds is 3. The Morgan fingerprint density at radius 3 is 2.68 bits per heavy atom. The molecule has 22 heavy (non-hydrogen) atoms. The smallest absolute Gasteiger partial charge is 0.413 e. The first-order chi connectivity index (χ1) is 10.2. The molecule has 1 amide bonds. The quantitative estimate of drug-likeness (QED) is 0.890. The van der Waals surface area contributed by atoms with Crippen LogP contribution in [0.25, 0.3) is 10.6 Å². The van der Waals surface area contributed by atoms with Gasteiger partial charge in [-0.25, -0.2) is 14.6 Å². The SMILES string of the molecule is Cc1nc(NC(=O)OC(C)(C)C)sc1-c1oncc1C(=O)O. The lowest BCUT2D eigenvalue weighted by molar-refractivity contribution is 0.0634. The van der Waals surface area contributed by atoms with Gasteiger partial charge < -0.3 is 14.4 Å². The van der Waals surface area contributed by atoms with Crippen molar-refractivity contribution in [2.75, 3.05) is 5.32 Å². The number of carbonyl (C=O) groups is 2. The van der Waals surface area contributed by atoms with Gasteiger partial charge in [0.1, 0.15) is 11.2 Å². The lowest BCUT2D eigenvalue weighted by atomic mass is 10.2. The molecule has 0 aromatic carbocycles. The molecule has 2 heterocycles. The number of thiazole rings is 1. The van der Waals surface area contributed by atoms with Crippen LogP contribution in [0.1, 0.15) is 36.8 Å². The first kappa shape index (κ1) is 16.0. The van der Waals surface area contributed by atoms with Gasteiger partial charge in [-0.3, -0.25) is 5.32 Å². The highest BCUT2D eigenvalue weighted by Gasteiger charge is 2.23. The van der Waals surface area contributed by atoms with Crippen molar-refractivity contribution in [3.63, 3.8) is 0 Å². The Bertz CT molecular complexity index is 714. The molecule has 2 rings (SSSR count). The van der Waals surface area contributed by atoms with E-state index >= 15 is 0 Å². The van der Waals surface area contributed by atoms with Crippen molar-refractivity contribution < 1.29 is 24.0 Å². The number of anilines is 1. The normalized spacial score (nSPS) is 11.3. The summed E-state index contributed by atoms with van der Waals surface area (Å²) in [5, 5.41) is 15.4. The number of hydrogen-bond donors (Lipinski definition) is 2. The van der Waals surface area contributed by atoms with Crippen molar-refractivity contribution in [1.29, 1.82) is 0 Å². The van der Waals surface area contributed by atoms with Crippen molar-refractivity contribution in [3.8, 4) is 10.6 Å². The van der Waals surface area contributed by atoms with Crippen LogP contribution in [0.5, 0.6) is 0 Å². The predicted molar refractivity (Wildman–Crippen MR) is 79.2 cm³/mol. The maximum absolute atomic E-state index is 11.7. The van der Waals surface area contributed by atoms with E-state index in [0.717, 1.165) is 17.5 Å². The fourth-order valence-corrected chi connectivity index (χ4v) is 2.55. The molecule has 0 aliphatic rings. The average Bonchev–Trinajstić information content (AvgIpc) is 2.92. The molecule has 2 N–H and O–H groups in total. The minimum Gasteiger partial charge on any atom is -0.477 e. The second-order valence-corrected chi connectivity index (χ2v) is 6.43. The van der Waals surface area contributed by atoms with Gasteiger partial charge in [-0.05, 0) is 27.7 Å². The maximum atomic E-state index is 11.7. The van der Waals surface area contributed by atoms with E-state index in [-0.39, 0.29) is 16.5 Å². The molecule has 0 radical (unpaired) electrons. The van der Waals surface area contributed by atoms with Crippen LogP contribution in [0.3, 0.4) is 0 Å². The number of nitrogens with zero attached hydrogens (tertiary/aromatic N) is 2. The molecule has 0 atom stereocenters. The Hall–Kier alpha value is -2.42. The number of carbonyl (C=O) groups excluding carboxylic acids is 1. The molecule has 9 heteroatoms. The highest BCUT2D eigenvalue weighted by atomic mass is 32.1. The lowest BCUT2D eigenvalue weighted by Gasteiger charge is -2.18. The van der Waals surface area contributed by atoms with E-state index in [1.165, 1.54) is 0 Å². The highest BCUT2D eigenvalue weighted by molar-refractivity contribution is 7.19. The molecule has 0 spiro atoms. The molecular weight excluding hydrogens is 310 g/mol. The average molecular weight is 325 g/mol. The zero-order valence-electron chi connectivity index (χ0n) is 12.5. The van der Waals surface area contributed by atoms with Crippen molar-refractivity contribution in [3.05, 3.63) is 17.5 Å². The Balaban J connectivity index is 2.23. The van der Waals surface area contributed by atoms with Crippen LogP contribution in [-0.2, 0) is 4.74 Å². The molecule has 0 saturated heterocycles. The molecule has 8 nitrogen and oxygen atoms in total. The van der Waals surface area contributed by atoms with Gasteiger partial charge in [-0.2, -0.15) is 0 Å². The summed E-state index contributed by atoms with van der Waals surface area (Å²) >= 11 is 1.08.